The Morgan fingerprint density at radius 3 is 2.84 bits per heavy atom. The number of nitrogens with zero attached hydrogens (tertiary/aromatic N) is 3. The molecular weight excluding hydrogens is 236 g/mol. The highest BCUT2D eigenvalue weighted by molar-refractivity contribution is 5.10. The van der Waals surface area contributed by atoms with Gasteiger partial charge >= 0.3 is 0 Å². The van der Waals surface area contributed by atoms with E-state index in [1.165, 1.54) is 63.6 Å². The zero-order valence-electron chi connectivity index (χ0n) is 12.1. The van der Waals surface area contributed by atoms with E-state index in [1.807, 2.05) is 6.33 Å². The molecule has 1 aliphatic carbocycles. The summed E-state index contributed by atoms with van der Waals surface area (Å²) in [5.41, 5.74) is 0.0999. The van der Waals surface area contributed by atoms with Crippen LogP contribution in [0.5, 0.6) is 0 Å². The van der Waals surface area contributed by atoms with Crippen molar-refractivity contribution < 1.29 is 0 Å². The van der Waals surface area contributed by atoms with Crippen LogP contribution in [0.4, 0.5) is 0 Å². The maximum Gasteiger partial charge on any atom is 0.153 e. The van der Waals surface area contributed by atoms with Gasteiger partial charge in [0, 0.05) is 6.04 Å². The SMILES string of the molecule is CCCC1(c2nncn2C2CCCCC2)CCCN1. The summed E-state index contributed by atoms with van der Waals surface area (Å²) in [6, 6.07) is 0.634. The first-order valence-corrected chi connectivity index (χ1v) is 8.01. The molecule has 0 aromatic carbocycles. The van der Waals surface area contributed by atoms with Crippen LogP contribution in [-0.4, -0.2) is 21.3 Å². The van der Waals surface area contributed by atoms with Crippen LogP contribution in [0.2, 0.25) is 0 Å². The standard InChI is InChI=1S/C15H26N4/c1-2-9-15(10-6-11-16-15)14-18-17-12-19(14)13-7-4-3-5-8-13/h12-13,16H,2-11H2,1H3. The largest absolute Gasteiger partial charge is 0.313 e. The van der Waals surface area contributed by atoms with Crippen LogP contribution < -0.4 is 5.32 Å². The van der Waals surface area contributed by atoms with Gasteiger partial charge in [0.25, 0.3) is 0 Å². The molecule has 1 unspecified atom stereocenters. The molecule has 2 heterocycles. The summed E-state index contributed by atoms with van der Waals surface area (Å²) in [5.74, 6) is 1.21. The predicted molar refractivity (Wildman–Crippen MR) is 76.0 cm³/mol. The van der Waals surface area contributed by atoms with Crippen LogP contribution in [0, 0.1) is 0 Å². The summed E-state index contributed by atoms with van der Waals surface area (Å²) in [7, 11) is 0. The van der Waals surface area contributed by atoms with E-state index < -0.39 is 0 Å². The summed E-state index contributed by atoms with van der Waals surface area (Å²) in [4.78, 5) is 0. The lowest BCUT2D eigenvalue weighted by molar-refractivity contribution is 0.282. The third-order valence-corrected chi connectivity index (χ3v) is 4.89. The van der Waals surface area contributed by atoms with Crippen LogP contribution in [0.15, 0.2) is 6.33 Å². The minimum atomic E-state index is 0.0999. The van der Waals surface area contributed by atoms with Crippen LogP contribution in [-0.2, 0) is 5.54 Å². The quantitative estimate of drug-likeness (QED) is 0.906. The highest BCUT2D eigenvalue weighted by Gasteiger charge is 2.39. The van der Waals surface area contributed by atoms with Crippen molar-refractivity contribution in [2.24, 2.45) is 0 Å². The van der Waals surface area contributed by atoms with Gasteiger partial charge < -0.3 is 9.88 Å². The molecule has 106 valence electrons. The molecule has 1 saturated heterocycles. The average molecular weight is 262 g/mol. The van der Waals surface area contributed by atoms with Crippen molar-refractivity contribution in [1.29, 1.82) is 0 Å². The average Bonchev–Trinajstić information content (AvgIpc) is 3.09. The first-order valence-electron chi connectivity index (χ1n) is 8.01. The lowest BCUT2D eigenvalue weighted by Crippen LogP contribution is -2.40. The van der Waals surface area contributed by atoms with Crippen molar-refractivity contribution in [3.8, 4) is 0 Å². The molecule has 1 aromatic rings. The van der Waals surface area contributed by atoms with Crippen LogP contribution >= 0.6 is 0 Å². The van der Waals surface area contributed by atoms with E-state index in [-0.39, 0.29) is 5.54 Å². The molecule has 1 saturated carbocycles. The Balaban J connectivity index is 1.89. The topological polar surface area (TPSA) is 42.7 Å². The van der Waals surface area contributed by atoms with E-state index in [1.54, 1.807) is 0 Å². The molecule has 1 aliphatic heterocycles. The molecule has 4 nitrogen and oxygen atoms in total. The van der Waals surface area contributed by atoms with Crippen molar-refractivity contribution >= 4 is 0 Å². The van der Waals surface area contributed by atoms with Gasteiger partial charge in [-0.1, -0.05) is 32.6 Å². The number of aromatic nitrogens is 3. The zero-order valence-corrected chi connectivity index (χ0v) is 12.1. The minimum absolute atomic E-state index is 0.0999. The normalized spacial score (nSPS) is 28.9. The van der Waals surface area contributed by atoms with E-state index in [9.17, 15) is 0 Å². The minimum Gasteiger partial charge on any atom is -0.313 e. The van der Waals surface area contributed by atoms with Gasteiger partial charge in [0.15, 0.2) is 5.82 Å². The van der Waals surface area contributed by atoms with E-state index in [2.05, 4.69) is 27.0 Å². The van der Waals surface area contributed by atoms with E-state index in [4.69, 9.17) is 0 Å². The van der Waals surface area contributed by atoms with Crippen molar-refractivity contribution in [1.82, 2.24) is 20.1 Å². The van der Waals surface area contributed by atoms with Crippen LogP contribution in [0.1, 0.15) is 76.6 Å². The molecular formula is C15H26N4. The van der Waals surface area contributed by atoms with Gasteiger partial charge in [0.1, 0.15) is 6.33 Å². The van der Waals surface area contributed by atoms with E-state index in [0.717, 1.165) is 6.54 Å². The number of rotatable bonds is 4. The third kappa shape index (κ3) is 2.42. The Kier molecular flexibility index (Phi) is 3.87. The van der Waals surface area contributed by atoms with Gasteiger partial charge in [-0.15, -0.1) is 10.2 Å². The summed E-state index contributed by atoms with van der Waals surface area (Å²) >= 11 is 0. The molecule has 2 aliphatic rings. The second-order valence-corrected chi connectivity index (χ2v) is 6.22. The summed E-state index contributed by atoms with van der Waals surface area (Å²) in [5, 5.41) is 12.5. The second kappa shape index (κ2) is 5.61. The van der Waals surface area contributed by atoms with Gasteiger partial charge in [-0.25, -0.2) is 0 Å². The smallest absolute Gasteiger partial charge is 0.153 e. The van der Waals surface area contributed by atoms with Crippen molar-refractivity contribution in [2.45, 2.75) is 76.3 Å². The fourth-order valence-corrected chi connectivity index (χ4v) is 3.96. The van der Waals surface area contributed by atoms with Crippen molar-refractivity contribution in [3.63, 3.8) is 0 Å². The first kappa shape index (κ1) is 13.1. The van der Waals surface area contributed by atoms with Gasteiger partial charge in [-0.3, -0.25) is 0 Å². The number of nitrogens with one attached hydrogen (secondary N) is 1. The number of hydrogen-bond acceptors (Lipinski definition) is 3. The van der Waals surface area contributed by atoms with E-state index >= 15 is 0 Å². The number of hydrogen-bond donors (Lipinski definition) is 1. The maximum atomic E-state index is 4.51. The highest BCUT2D eigenvalue weighted by Crippen LogP contribution is 2.37. The molecule has 4 heteroatoms. The molecule has 1 atom stereocenters. The predicted octanol–water partition coefficient (Wildman–Crippen LogP) is 3.16. The molecule has 0 spiro atoms. The first-order chi connectivity index (χ1) is 9.36. The Hall–Kier alpha value is -0.900. The highest BCUT2D eigenvalue weighted by atomic mass is 15.3. The molecule has 3 rings (SSSR count). The summed E-state index contributed by atoms with van der Waals surface area (Å²) < 4.78 is 2.40. The van der Waals surface area contributed by atoms with Gasteiger partial charge in [0.05, 0.1) is 5.54 Å². The van der Waals surface area contributed by atoms with Crippen molar-refractivity contribution in [3.05, 3.63) is 12.2 Å². The lowest BCUT2D eigenvalue weighted by Gasteiger charge is -2.32. The second-order valence-electron chi connectivity index (χ2n) is 6.22. The summed E-state index contributed by atoms with van der Waals surface area (Å²) in [6.45, 7) is 3.39. The Morgan fingerprint density at radius 2 is 2.16 bits per heavy atom. The fourth-order valence-electron chi connectivity index (χ4n) is 3.96. The Labute approximate surface area is 116 Å². The zero-order chi connectivity index (χ0) is 13.1. The summed E-state index contributed by atoms with van der Waals surface area (Å²) in [6.07, 6.45) is 13.5. The molecule has 0 radical (unpaired) electrons. The lowest BCUT2D eigenvalue weighted by atomic mass is 9.89. The van der Waals surface area contributed by atoms with Crippen LogP contribution in [0.25, 0.3) is 0 Å². The molecule has 2 fully saturated rings. The van der Waals surface area contributed by atoms with Gasteiger partial charge in [-0.2, -0.15) is 0 Å². The Morgan fingerprint density at radius 1 is 1.32 bits per heavy atom. The van der Waals surface area contributed by atoms with Gasteiger partial charge in [0.2, 0.25) is 0 Å². The molecule has 0 bridgehead atoms. The fraction of sp³-hybridized carbons (Fsp3) is 0.867. The Bertz CT molecular complexity index is 400. The molecule has 0 amide bonds. The third-order valence-electron chi connectivity index (χ3n) is 4.89. The molecule has 19 heavy (non-hydrogen) atoms. The van der Waals surface area contributed by atoms with Gasteiger partial charge in [-0.05, 0) is 38.6 Å². The molecule has 1 aromatic heterocycles. The molecule has 1 N–H and O–H groups in total. The van der Waals surface area contributed by atoms with E-state index in [0.29, 0.717) is 6.04 Å². The monoisotopic (exact) mass is 262 g/mol. The van der Waals surface area contributed by atoms with Crippen molar-refractivity contribution in [2.75, 3.05) is 6.54 Å². The maximum absolute atomic E-state index is 4.51. The van der Waals surface area contributed by atoms with Crippen LogP contribution in [0.3, 0.4) is 0 Å².